The third kappa shape index (κ3) is 5.42. The molecule has 138 valence electrons. The van der Waals surface area contributed by atoms with Crippen LogP contribution >= 0.6 is 24.0 Å². The first-order valence-corrected chi connectivity index (χ1v) is 9.58. The predicted octanol–water partition coefficient (Wildman–Crippen LogP) is 0.925. The number of aromatic nitrogens is 3. The van der Waals surface area contributed by atoms with Crippen LogP contribution in [-0.4, -0.2) is 53.7 Å². The monoisotopic (exact) mass is 480 g/mol. The van der Waals surface area contributed by atoms with Gasteiger partial charge in [0.2, 0.25) is 5.82 Å². The van der Waals surface area contributed by atoms with E-state index in [1.807, 2.05) is 6.92 Å². The molecule has 1 fully saturated rings. The highest BCUT2D eigenvalue weighted by Crippen LogP contribution is 2.14. The summed E-state index contributed by atoms with van der Waals surface area (Å²) >= 11 is 0. The molecule has 0 aromatic carbocycles. The van der Waals surface area contributed by atoms with Gasteiger partial charge in [-0.05, 0) is 25.5 Å². The minimum atomic E-state index is -2.93. The Bertz CT molecular complexity index is 802. The number of sulfone groups is 1. The number of furan rings is 1. The fourth-order valence-electron chi connectivity index (χ4n) is 2.46. The zero-order valence-electron chi connectivity index (χ0n) is 13.7. The Balaban J connectivity index is 0.00000225. The number of aliphatic imine (C=N–C) groups is 1. The lowest BCUT2D eigenvalue weighted by Gasteiger charge is -2.15. The number of H-pyrrole nitrogens is 1. The van der Waals surface area contributed by atoms with Crippen LogP contribution in [0.3, 0.4) is 0 Å². The lowest BCUT2D eigenvalue weighted by Crippen LogP contribution is -2.44. The van der Waals surface area contributed by atoms with Gasteiger partial charge in [-0.25, -0.2) is 18.4 Å². The third-order valence-corrected chi connectivity index (χ3v) is 5.35. The van der Waals surface area contributed by atoms with Crippen molar-refractivity contribution in [2.75, 3.05) is 18.1 Å². The number of hydrogen-bond donors (Lipinski definition) is 3. The van der Waals surface area contributed by atoms with Gasteiger partial charge in [0.15, 0.2) is 21.6 Å². The van der Waals surface area contributed by atoms with Crippen molar-refractivity contribution in [1.29, 1.82) is 0 Å². The number of guanidine groups is 1. The topological polar surface area (TPSA) is 125 Å². The van der Waals surface area contributed by atoms with Crippen molar-refractivity contribution in [3.8, 4) is 11.6 Å². The summed E-state index contributed by atoms with van der Waals surface area (Å²) in [5.74, 6) is 2.59. The van der Waals surface area contributed by atoms with E-state index < -0.39 is 9.84 Å². The van der Waals surface area contributed by atoms with Crippen LogP contribution in [0.4, 0.5) is 0 Å². The molecule has 1 aliphatic heterocycles. The highest BCUT2D eigenvalue weighted by molar-refractivity contribution is 14.0. The minimum absolute atomic E-state index is 0. The van der Waals surface area contributed by atoms with Crippen molar-refractivity contribution in [2.45, 2.75) is 25.9 Å². The van der Waals surface area contributed by atoms with Gasteiger partial charge in [-0.2, -0.15) is 0 Å². The van der Waals surface area contributed by atoms with Gasteiger partial charge in [0.05, 0.1) is 17.8 Å². The van der Waals surface area contributed by atoms with Gasteiger partial charge in [0.25, 0.3) is 0 Å². The summed E-state index contributed by atoms with van der Waals surface area (Å²) in [7, 11) is -2.93. The SMILES string of the molecule is CCNC(=NCc1nc(-c2ccco2)n[nH]1)NC1CCS(=O)(=O)C1.I. The minimum Gasteiger partial charge on any atom is -0.461 e. The van der Waals surface area contributed by atoms with Crippen molar-refractivity contribution >= 4 is 39.8 Å². The molecule has 1 unspecified atom stereocenters. The molecule has 0 aliphatic carbocycles. The first-order valence-electron chi connectivity index (χ1n) is 7.76. The molecule has 0 amide bonds. The van der Waals surface area contributed by atoms with E-state index in [4.69, 9.17) is 4.42 Å². The molecule has 0 bridgehead atoms. The molecule has 3 rings (SSSR count). The largest absolute Gasteiger partial charge is 0.461 e. The number of halogens is 1. The maximum absolute atomic E-state index is 11.5. The maximum atomic E-state index is 11.5. The Kier molecular flexibility index (Phi) is 6.81. The molecule has 3 N–H and O–H groups in total. The number of hydrogen-bond acceptors (Lipinski definition) is 6. The molecule has 2 aromatic rings. The van der Waals surface area contributed by atoms with Gasteiger partial charge < -0.3 is 15.1 Å². The average Bonchev–Trinajstić information content (AvgIpc) is 3.25. The van der Waals surface area contributed by atoms with Crippen LogP contribution in [0.25, 0.3) is 11.6 Å². The van der Waals surface area contributed by atoms with E-state index in [-0.39, 0.29) is 41.5 Å². The third-order valence-electron chi connectivity index (χ3n) is 3.58. The van der Waals surface area contributed by atoms with Crippen molar-refractivity contribution in [1.82, 2.24) is 25.8 Å². The molecule has 9 nitrogen and oxygen atoms in total. The molecule has 0 spiro atoms. The molecular weight excluding hydrogens is 459 g/mol. The lowest BCUT2D eigenvalue weighted by atomic mass is 10.3. The zero-order chi connectivity index (χ0) is 17.0. The van der Waals surface area contributed by atoms with Crippen LogP contribution < -0.4 is 10.6 Å². The van der Waals surface area contributed by atoms with E-state index in [0.717, 1.165) is 0 Å². The number of aromatic amines is 1. The second-order valence-electron chi connectivity index (χ2n) is 5.52. The van der Waals surface area contributed by atoms with Gasteiger partial charge in [0, 0.05) is 12.6 Å². The van der Waals surface area contributed by atoms with Crippen LogP contribution in [0.2, 0.25) is 0 Å². The molecule has 1 atom stereocenters. The first-order chi connectivity index (χ1) is 11.6. The first kappa shape index (κ1) is 19.7. The molecular formula is C14H21IN6O3S. The molecule has 3 heterocycles. The van der Waals surface area contributed by atoms with Crippen LogP contribution in [0.15, 0.2) is 27.8 Å². The predicted molar refractivity (Wildman–Crippen MR) is 105 cm³/mol. The lowest BCUT2D eigenvalue weighted by molar-refractivity contribution is 0.577. The van der Waals surface area contributed by atoms with E-state index in [1.165, 1.54) is 0 Å². The van der Waals surface area contributed by atoms with Crippen molar-refractivity contribution in [3.05, 3.63) is 24.2 Å². The second kappa shape index (κ2) is 8.65. The summed E-state index contributed by atoms with van der Waals surface area (Å²) in [6, 6.07) is 3.44. The quantitative estimate of drug-likeness (QED) is 0.330. The fourth-order valence-corrected chi connectivity index (χ4v) is 4.13. The number of nitrogens with one attached hydrogen (secondary N) is 3. The molecule has 0 saturated carbocycles. The average molecular weight is 480 g/mol. The highest BCUT2D eigenvalue weighted by atomic mass is 127. The van der Waals surface area contributed by atoms with Gasteiger partial charge in [0.1, 0.15) is 12.4 Å². The molecule has 11 heteroatoms. The van der Waals surface area contributed by atoms with Crippen molar-refractivity contribution < 1.29 is 12.8 Å². The summed E-state index contributed by atoms with van der Waals surface area (Å²) in [5, 5.41) is 13.2. The summed E-state index contributed by atoms with van der Waals surface area (Å²) < 4.78 is 28.3. The van der Waals surface area contributed by atoms with Crippen LogP contribution in [0.5, 0.6) is 0 Å². The Labute approximate surface area is 163 Å². The van der Waals surface area contributed by atoms with Gasteiger partial charge in [-0.15, -0.1) is 29.1 Å². The van der Waals surface area contributed by atoms with Crippen molar-refractivity contribution in [2.24, 2.45) is 4.99 Å². The standard InChI is InChI=1S/C14H20N6O3S.HI/c1-2-15-14(17-10-5-7-24(21,22)9-10)16-8-12-18-13(20-19-12)11-4-3-6-23-11;/h3-4,6,10H,2,5,7-9H2,1H3,(H2,15,16,17)(H,18,19,20);1H. The van der Waals surface area contributed by atoms with E-state index in [9.17, 15) is 8.42 Å². The Morgan fingerprint density at radius 1 is 1.52 bits per heavy atom. The molecule has 2 aromatic heterocycles. The van der Waals surface area contributed by atoms with E-state index in [2.05, 4.69) is 30.8 Å². The van der Waals surface area contributed by atoms with E-state index >= 15 is 0 Å². The van der Waals surface area contributed by atoms with Gasteiger partial charge in [-0.1, -0.05) is 0 Å². The summed E-state index contributed by atoms with van der Waals surface area (Å²) in [6.07, 6.45) is 2.16. The van der Waals surface area contributed by atoms with Gasteiger partial charge >= 0.3 is 0 Å². The highest BCUT2D eigenvalue weighted by Gasteiger charge is 2.28. The summed E-state index contributed by atoms with van der Waals surface area (Å²) in [5.41, 5.74) is 0. The number of nitrogens with zero attached hydrogens (tertiary/aromatic N) is 3. The van der Waals surface area contributed by atoms with Crippen molar-refractivity contribution in [3.63, 3.8) is 0 Å². The number of rotatable bonds is 5. The summed E-state index contributed by atoms with van der Waals surface area (Å²) in [4.78, 5) is 8.75. The Hall–Kier alpha value is -1.63. The molecule has 1 aliphatic rings. The zero-order valence-corrected chi connectivity index (χ0v) is 16.9. The Morgan fingerprint density at radius 3 is 3.00 bits per heavy atom. The smallest absolute Gasteiger partial charge is 0.216 e. The van der Waals surface area contributed by atoms with E-state index in [1.54, 1.807) is 18.4 Å². The Morgan fingerprint density at radius 2 is 2.36 bits per heavy atom. The van der Waals surface area contributed by atoms with Gasteiger partial charge in [-0.3, -0.25) is 5.10 Å². The maximum Gasteiger partial charge on any atom is 0.216 e. The fraction of sp³-hybridized carbons (Fsp3) is 0.500. The molecule has 25 heavy (non-hydrogen) atoms. The molecule has 0 radical (unpaired) electrons. The van der Waals surface area contributed by atoms with Crippen LogP contribution in [-0.2, 0) is 16.4 Å². The van der Waals surface area contributed by atoms with Crippen LogP contribution in [0.1, 0.15) is 19.2 Å². The van der Waals surface area contributed by atoms with E-state index in [0.29, 0.717) is 42.9 Å². The normalized spacial score (nSPS) is 19.4. The second-order valence-corrected chi connectivity index (χ2v) is 7.75. The van der Waals surface area contributed by atoms with Crippen LogP contribution in [0, 0.1) is 0 Å². The molecule has 1 saturated heterocycles. The summed E-state index contributed by atoms with van der Waals surface area (Å²) in [6.45, 7) is 2.92.